The first kappa shape index (κ1) is 12.0. The summed E-state index contributed by atoms with van der Waals surface area (Å²) in [6.07, 6.45) is 1.63. The lowest BCUT2D eigenvalue weighted by atomic mass is 10.1. The summed E-state index contributed by atoms with van der Waals surface area (Å²) in [5.74, 6) is -0.439. The van der Waals surface area contributed by atoms with Crippen molar-refractivity contribution in [1.29, 1.82) is 0 Å². The zero-order chi connectivity index (χ0) is 12.3. The molecule has 1 fully saturated rings. The van der Waals surface area contributed by atoms with Crippen molar-refractivity contribution in [1.82, 2.24) is 5.32 Å². The van der Waals surface area contributed by atoms with Crippen LogP contribution in [0.5, 0.6) is 0 Å². The molecule has 0 unspecified atom stereocenters. The zero-order valence-corrected chi connectivity index (χ0v) is 9.78. The third-order valence-corrected chi connectivity index (χ3v) is 2.99. The Bertz CT molecular complexity index is 391. The van der Waals surface area contributed by atoms with Crippen molar-refractivity contribution in [2.45, 2.75) is 31.8 Å². The van der Waals surface area contributed by atoms with Crippen LogP contribution in [0.4, 0.5) is 4.39 Å². The number of ether oxygens (including phenoxy) is 1. The molecule has 0 amide bonds. The Morgan fingerprint density at radius 2 is 2.12 bits per heavy atom. The number of rotatable bonds is 3. The Morgan fingerprint density at radius 1 is 1.41 bits per heavy atom. The van der Waals surface area contributed by atoms with E-state index in [1.165, 1.54) is 12.1 Å². The number of esters is 1. The number of carbonyl (C=O) groups excluding carboxylic acids is 1. The summed E-state index contributed by atoms with van der Waals surface area (Å²) in [4.78, 5) is 11.5. The lowest BCUT2D eigenvalue weighted by molar-refractivity contribution is -0.145. The maximum atomic E-state index is 12.8. The summed E-state index contributed by atoms with van der Waals surface area (Å²) in [6.45, 7) is 2.20. The minimum Gasteiger partial charge on any atom is -0.465 e. The van der Waals surface area contributed by atoms with Crippen LogP contribution in [0, 0.1) is 5.82 Å². The van der Waals surface area contributed by atoms with E-state index in [0.717, 1.165) is 18.4 Å². The van der Waals surface area contributed by atoms with Gasteiger partial charge in [-0.1, -0.05) is 12.1 Å². The summed E-state index contributed by atoms with van der Waals surface area (Å²) in [5.41, 5.74) is 1.01. The van der Waals surface area contributed by atoms with E-state index in [1.807, 2.05) is 0 Å². The van der Waals surface area contributed by atoms with E-state index in [4.69, 9.17) is 4.74 Å². The molecule has 0 bridgehead atoms. The van der Waals surface area contributed by atoms with Gasteiger partial charge in [-0.2, -0.15) is 0 Å². The van der Waals surface area contributed by atoms with Gasteiger partial charge in [-0.3, -0.25) is 10.1 Å². The highest BCUT2D eigenvalue weighted by atomic mass is 19.1. The monoisotopic (exact) mass is 237 g/mol. The number of benzene rings is 1. The lowest BCUT2D eigenvalue weighted by Crippen LogP contribution is -2.33. The van der Waals surface area contributed by atoms with Gasteiger partial charge in [0.1, 0.15) is 11.9 Å². The highest BCUT2D eigenvalue weighted by Gasteiger charge is 2.30. The summed E-state index contributed by atoms with van der Waals surface area (Å²) in [6, 6.07) is 6.26. The first-order valence-corrected chi connectivity index (χ1v) is 5.89. The maximum absolute atomic E-state index is 12.8. The van der Waals surface area contributed by atoms with Crippen molar-refractivity contribution in [2.75, 3.05) is 6.61 Å². The van der Waals surface area contributed by atoms with Gasteiger partial charge in [0.25, 0.3) is 0 Å². The first-order chi connectivity index (χ1) is 8.20. The molecule has 1 N–H and O–H groups in total. The molecule has 0 saturated carbocycles. The van der Waals surface area contributed by atoms with Gasteiger partial charge in [0, 0.05) is 6.04 Å². The molecule has 0 spiro atoms. The number of hydrogen-bond donors (Lipinski definition) is 1. The van der Waals surface area contributed by atoms with Crippen LogP contribution in [0.3, 0.4) is 0 Å². The van der Waals surface area contributed by atoms with Crippen LogP contribution in [0.25, 0.3) is 0 Å². The SMILES string of the molecule is CCOC(=O)[C@H]1CC[C@H](c2ccc(F)cc2)N1. The molecule has 1 aromatic rings. The van der Waals surface area contributed by atoms with Crippen molar-refractivity contribution >= 4 is 5.97 Å². The van der Waals surface area contributed by atoms with Crippen LogP contribution >= 0.6 is 0 Å². The number of hydrogen-bond acceptors (Lipinski definition) is 3. The summed E-state index contributed by atoms with van der Waals surface area (Å²) in [7, 11) is 0. The molecule has 1 aliphatic heterocycles. The Labute approximate surface area is 100.0 Å². The van der Waals surface area contributed by atoms with Crippen LogP contribution in [0.1, 0.15) is 31.4 Å². The van der Waals surface area contributed by atoms with Gasteiger partial charge in [0.15, 0.2) is 0 Å². The standard InChI is InChI=1S/C13H16FNO2/c1-2-17-13(16)12-8-7-11(15-12)9-3-5-10(14)6-4-9/h3-6,11-12,15H,2,7-8H2,1H3/t11-,12-/m1/s1. The van der Waals surface area contributed by atoms with Crippen LogP contribution in [-0.4, -0.2) is 18.6 Å². The van der Waals surface area contributed by atoms with Crippen LogP contribution in [-0.2, 0) is 9.53 Å². The molecule has 0 aliphatic carbocycles. The van der Waals surface area contributed by atoms with Crippen LogP contribution in [0.2, 0.25) is 0 Å². The molecule has 2 rings (SSSR count). The fraction of sp³-hybridized carbons (Fsp3) is 0.462. The minimum atomic E-state index is -0.242. The molecule has 3 nitrogen and oxygen atoms in total. The predicted molar refractivity (Wildman–Crippen MR) is 61.9 cm³/mol. The normalized spacial score (nSPS) is 23.6. The molecule has 1 aromatic carbocycles. The zero-order valence-electron chi connectivity index (χ0n) is 9.78. The average Bonchev–Trinajstić information content (AvgIpc) is 2.80. The largest absolute Gasteiger partial charge is 0.465 e. The van der Waals surface area contributed by atoms with E-state index in [2.05, 4.69) is 5.32 Å². The minimum absolute atomic E-state index is 0.116. The fourth-order valence-electron chi connectivity index (χ4n) is 2.13. The third kappa shape index (κ3) is 2.82. The van der Waals surface area contributed by atoms with Crippen LogP contribution in [0.15, 0.2) is 24.3 Å². The molecule has 92 valence electrons. The topological polar surface area (TPSA) is 38.3 Å². The van der Waals surface area contributed by atoms with Gasteiger partial charge in [-0.25, -0.2) is 4.39 Å². The molecule has 17 heavy (non-hydrogen) atoms. The average molecular weight is 237 g/mol. The Hall–Kier alpha value is -1.42. The van der Waals surface area contributed by atoms with E-state index >= 15 is 0 Å². The molecule has 1 saturated heterocycles. The summed E-state index contributed by atoms with van der Waals surface area (Å²) < 4.78 is 17.8. The molecule has 2 atom stereocenters. The smallest absolute Gasteiger partial charge is 0.323 e. The Morgan fingerprint density at radius 3 is 2.76 bits per heavy atom. The van der Waals surface area contributed by atoms with Crippen molar-refractivity contribution in [2.24, 2.45) is 0 Å². The summed E-state index contributed by atoms with van der Waals surface area (Å²) >= 11 is 0. The number of nitrogens with one attached hydrogen (secondary N) is 1. The van der Waals surface area contributed by atoms with E-state index in [0.29, 0.717) is 6.61 Å². The van der Waals surface area contributed by atoms with Gasteiger partial charge in [-0.05, 0) is 37.5 Å². The number of halogens is 1. The van der Waals surface area contributed by atoms with Crippen molar-refractivity contribution in [3.8, 4) is 0 Å². The molecule has 0 aromatic heterocycles. The molecule has 4 heteroatoms. The van der Waals surface area contributed by atoms with E-state index < -0.39 is 0 Å². The third-order valence-electron chi connectivity index (χ3n) is 2.99. The highest BCUT2D eigenvalue weighted by Crippen LogP contribution is 2.27. The molecule has 1 aliphatic rings. The molecular formula is C13H16FNO2. The van der Waals surface area contributed by atoms with Crippen molar-refractivity contribution in [3.05, 3.63) is 35.6 Å². The van der Waals surface area contributed by atoms with Crippen molar-refractivity contribution < 1.29 is 13.9 Å². The predicted octanol–water partition coefficient (Wildman–Crippen LogP) is 2.18. The van der Waals surface area contributed by atoms with Gasteiger partial charge >= 0.3 is 5.97 Å². The quantitative estimate of drug-likeness (QED) is 0.819. The molecule has 0 radical (unpaired) electrons. The lowest BCUT2D eigenvalue weighted by Gasteiger charge is -2.13. The van der Waals surface area contributed by atoms with E-state index in [-0.39, 0.29) is 23.9 Å². The van der Waals surface area contributed by atoms with E-state index in [9.17, 15) is 9.18 Å². The highest BCUT2D eigenvalue weighted by molar-refractivity contribution is 5.76. The van der Waals surface area contributed by atoms with Gasteiger partial charge in [0.05, 0.1) is 6.61 Å². The van der Waals surface area contributed by atoms with Gasteiger partial charge in [-0.15, -0.1) is 0 Å². The first-order valence-electron chi connectivity index (χ1n) is 5.89. The maximum Gasteiger partial charge on any atom is 0.323 e. The van der Waals surface area contributed by atoms with Crippen molar-refractivity contribution in [3.63, 3.8) is 0 Å². The second kappa shape index (κ2) is 5.27. The number of carbonyl (C=O) groups is 1. The Balaban J connectivity index is 1.98. The second-order valence-electron chi connectivity index (χ2n) is 4.15. The fourth-order valence-corrected chi connectivity index (χ4v) is 2.13. The van der Waals surface area contributed by atoms with E-state index in [1.54, 1.807) is 19.1 Å². The van der Waals surface area contributed by atoms with Gasteiger partial charge in [0.2, 0.25) is 0 Å². The van der Waals surface area contributed by atoms with Gasteiger partial charge < -0.3 is 4.74 Å². The summed E-state index contributed by atoms with van der Waals surface area (Å²) in [5, 5.41) is 3.21. The second-order valence-corrected chi connectivity index (χ2v) is 4.15. The van der Waals surface area contributed by atoms with Crippen LogP contribution < -0.4 is 5.32 Å². The molecule has 1 heterocycles. The molecular weight excluding hydrogens is 221 g/mol. The Kier molecular flexibility index (Phi) is 3.74.